The van der Waals surface area contributed by atoms with Crippen LogP contribution in [0.3, 0.4) is 0 Å². The highest BCUT2D eigenvalue weighted by atomic mass is 16.6. The zero-order valence-corrected chi connectivity index (χ0v) is 16.7. The van der Waals surface area contributed by atoms with Gasteiger partial charge in [-0.25, -0.2) is 0 Å². The number of rotatable bonds is 11. The largest absolute Gasteiger partial charge is 0.504 e. The predicted octanol–water partition coefficient (Wildman–Crippen LogP) is 2.75. The first-order valence-electron chi connectivity index (χ1n) is 9.16. The first kappa shape index (κ1) is 22.7. The molecule has 5 N–H and O–H groups in total. The Bertz CT molecular complexity index is 556. The summed E-state index contributed by atoms with van der Waals surface area (Å²) in [6, 6.07) is 5.26. The van der Waals surface area contributed by atoms with Crippen molar-refractivity contribution in [2.24, 2.45) is 11.1 Å². The zero-order valence-electron chi connectivity index (χ0n) is 16.7. The molecular weight excluding hydrogens is 334 g/mol. The summed E-state index contributed by atoms with van der Waals surface area (Å²) < 4.78 is 10.4. The molecule has 0 radical (unpaired) electrons. The number of ether oxygens (including phenoxy) is 2. The maximum Gasteiger partial charge on any atom is 0.160 e. The van der Waals surface area contributed by atoms with Crippen molar-refractivity contribution in [2.75, 3.05) is 20.3 Å². The van der Waals surface area contributed by atoms with E-state index in [1.165, 1.54) is 7.11 Å². The van der Waals surface area contributed by atoms with Crippen LogP contribution in [0.2, 0.25) is 0 Å². The summed E-state index contributed by atoms with van der Waals surface area (Å²) in [5, 5.41) is 30.2. The Morgan fingerprint density at radius 3 is 2.31 bits per heavy atom. The van der Waals surface area contributed by atoms with E-state index in [9.17, 15) is 15.3 Å². The Hall–Kier alpha value is -1.34. The second-order valence-electron chi connectivity index (χ2n) is 7.65. The molecule has 0 fully saturated rings. The molecule has 1 aromatic rings. The fourth-order valence-corrected chi connectivity index (χ4v) is 3.31. The van der Waals surface area contributed by atoms with Gasteiger partial charge in [0.05, 0.1) is 13.2 Å². The number of phenolic OH excluding ortho intramolecular Hbond substituents is 1. The van der Waals surface area contributed by atoms with E-state index >= 15 is 0 Å². The van der Waals surface area contributed by atoms with Crippen molar-refractivity contribution in [2.45, 2.75) is 64.8 Å². The number of nitrogens with two attached hydrogens (primary N) is 1. The lowest BCUT2D eigenvalue weighted by molar-refractivity contribution is -0.176. The summed E-state index contributed by atoms with van der Waals surface area (Å²) in [5.41, 5.74) is 6.48. The zero-order chi connectivity index (χ0) is 20.0. The SMILES string of the molecule is COc1ccc([C@H](CN)[C@@](C)(CCCCOC(C)(C)O)[C@@H](C)O)cc1O. The number of hydrogen-bond donors (Lipinski definition) is 4. The highest BCUT2D eigenvalue weighted by Crippen LogP contribution is 2.44. The van der Waals surface area contributed by atoms with E-state index in [0.29, 0.717) is 18.9 Å². The van der Waals surface area contributed by atoms with E-state index in [-0.39, 0.29) is 11.7 Å². The number of phenols is 1. The summed E-state index contributed by atoms with van der Waals surface area (Å²) in [5.74, 6) is -0.773. The number of benzene rings is 1. The molecule has 6 heteroatoms. The monoisotopic (exact) mass is 369 g/mol. The van der Waals surface area contributed by atoms with Gasteiger partial charge >= 0.3 is 0 Å². The molecule has 0 saturated carbocycles. The van der Waals surface area contributed by atoms with Gasteiger partial charge in [-0.3, -0.25) is 0 Å². The lowest BCUT2D eigenvalue weighted by atomic mass is 9.67. The van der Waals surface area contributed by atoms with Crippen LogP contribution >= 0.6 is 0 Å². The quantitative estimate of drug-likeness (QED) is 0.353. The summed E-state index contributed by atoms with van der Waals surface area (Å²) >= 11 is 0. The Labute approximate surface area is 156 Å². The van der Waals surface area contributed by atoms with Crippen molar-refractivity contribution >= 4 is 0 Å². The van der Waals surface area contributed by atoms with Gasteiger partial charge in [-0.15, -0.1) is 0 Å². The van der Waals surface area contributed by atoms with Crippen molar-refractivity contribution in [1.82, 2.24) is 0 Å². The number of hydrogen-bond acceptors (Lipinski definition) is 6. The molecule has 0 heterocycles. The molecule has 150 valence electrons. The van der Waals surface area contributed by atoms with Gasteiger partial charge in [0.2, 0.25) is 0 Å². The minimum absolute atomic E-state index is 0.0648. The highest BCUT2D eigenvalue weighted by Gasteiger charge is 2.38. The van der Waals surface area contributed by atoms with Crippen LogP contribution in [0.5, 0.6) is 11.5 Å². The molecule has 6 nitrogen and oxygen atoms in total. The molecule has 1 aromatic carbocycles. The highest BCUT2D eigenvalue weighted by molar-refractivity contribution is 5.43. The van der Waals surface area contributed by atoms with E-state index in [4.69, 9.17) is 15.2 Å². The van der Waals surface area contributed by atoms with Crippen LogP contribution in [0.25, 0.3) is 0 Å². The van der Waals surface area contributed by atoms with E-state index in [1.807, 2.05) is 13.0 Å². The molecule has 0 aliphatic carbocycles. The molecule has 3 atom stereocenters. The summed E-state index contributed by atoms with van der Waals surface area (Å²) in [7, 11) is 1.50. The van der Waals surface area contributed by atoms with Gasteiger partial charge < -0.3 is 30.5 Å². The topological polar surface area (TPSA) is 105 Å². The molecule has 0 unspecified atom stereocenters. The Morgan fingerprint density at radius 2 is 1.85 bits per heavy atom. The molecule has 0 aliphatic heterocycles. The van der Waals surface area contributed by atoms with Crippen molar-refractivity contribution in [3.05, 3.63) is 23.8 Å². The second kappa shape index (κ2) is 9.55. The third kappa shape index (κ3) is 6.13. The van der Waals surface area contributed by atoms with Crippen LogP contribution < -0.4 is 10.5 Å². The van der Waals surface area contributed by atoms with Crippen LogP contribution in [-0.2, 0) is 4.74 Å². The number of unbranched alkanes of at least 4 members (excludes halogenated alkanes) is 1. The maximum absolute atomic E-state index is 10.5. The van der Waals surface area contributed by atoms with Crippen molar-refractivity contribution < 1.29 is 24.8 Å². The Balaban J connectivity index is 2.88. The van der Waals surface area contributed by atoms with Crippen LogP contribution in [0, 0.1) is 5.41 Å². The molecule has 0 aromatic heterocycles. The summed E-state index contributed by atoms with van der Waals surface area (Å²) in [6.07, 6.45) is 1.78. The molecule has 0 amide bonds. The van der Waals surface area contributed by atoms with Gasteiger partial charge in [0.1, 0.15) is 0 Å². The second-order valence-corrected chi connectivity index (χ2v) is 7.65. The number of aliphatic hydroxyl groups is 2. The van der Waals surface area contributed by atoms with E-state index < -0.39 is 17.3 Å². The normalized spacial score (nSPS) is 16.8. The fraction of sp³-hybridized carbons (Fsp3) is 0.700. The summed E-state index contributed by atoms with van der Waals surface area (Å²) in [6.45, 7) is 7.82. The Kier molecular flexibility index (Phi) is 8.34. The summed E-state index contributed by atoms with van der Waals surface area (Å²) in [4.78, 5) is 0. The molecule has 0 spiro atoms. The molecule has 0 bridgehead atoms. The van der Waals surface area contributed by atoms with Gasteiger partial charge in [-0.05, 0) is 57.9 Å². The smallest absolute Gasteiger partial charge is 0.160 e. The fourth-order valence-electron chi connectivity index (χ4n) is 3.31. The molecule has 1 rings (SSSR count). The third-order valence-electron chi connectivity index (χ3n) is 5.16. The van der Waals surface area contributed by atoms with E-state index in [0.717, 1.165) is 24.8 Å². The number of aromatic hydroxyl groups is 1. The van der Waals surface area contributed by atoms with E-state index in [1.54, 1.807) is 32.9 Å². The lowest BCUT2D eigenvalue weighted by Gasteiger charge is -2.40. The van der Waals surface area contributed by atoms with Crippen molar-refractivity contribution in [3.8, 4) is 11.5 Å². The maximum atomic E-state index is 10.5. The first-order chi connectivity index (χ1) is 12.0. The minimum atomic E-state index is -1.13. The molecular formula is C20H35NO5. The van der Waals surface area contributed by atoms with Crippen molar-refractivity contribution in [1.29, 1.82) is 0 Å². The van der Waals surface area contributed by atoms with Crippen LogP contribution in [0.15, 0.2) is 18.2 Å². The van der Waals surface area contributed by atoms with Gasteiger partial charge in [0.15, 0.2) is 17.3 Å². The standard InChI is InChI=1S/C20H35NO5/c1-14(22)20(4,10-6-7-11-26-19(2,3)24)16(13-21)15-8-9-18(25-5)17(23)12-15/h8-9,12,14,16,22-24H,6-7,10-11,13,21H2,1-5H3/t14-,16+,20+/m1/s1. The number of aliphatic hydroxyl groups excluding tert-OH is 1. The molecule has 0 aliphatic rings. The minimum Gasteiger partial charge on any atom is -0.504 e. The van der Waals surface area contributed by atoms with Crippen LogP contribution in [0.1, 0.15) is 58.4 Å². The van der Waals surface area contributed by atoms with Crippen LogP contribution in [0.4, 0.5) is 0 Å². The Morgan fingerprint density at radius 1 is 1.19 bits per heavy atom. The van der Waals surface area contributed by atoms with E-state index in [2.05, 4.69) is 0 Å². The van der Waals surface area contributed by atoms with Gasteiger partial charge in [0, 0.05) is 17.9 Å². The van der Waals surface area contributed by atoms with Gasteiger partial charge in [0.25, 0.3) is 0 Å². The molecule has 26 heavy (non-hydrogen) atoms. The average molecular weight is 370 g/mol. The van der Waals surface area contributed by atoms with Gasteiger partial charge in [-0.1, -0.05) is 19.4 Å². The van der Waals surface area contributed by atoms with Crippen molar-refractivity contribution in [3.63, 3.8) is 0 Å². The third-order valence-corrected chi connectivity index (χ3v) is 5.16. The lowest BCUT2D eigenvalue weighted by Crippen LogP contribution is -2.40. The van der Waals surface area contributed by atoms with Crippen LogP contribution in [-0.4, -0.2) is 47.5 Å². The number of methoxy groups -OCH3 is 1. The first-order valence-corrected chi connectivity index (χ1v) is 9.16. The van der Waals surface area contributed by atoms with Gasteiger partial charge in [-0.2, -0.15) is 0 Å². The predicted molar refractivity (Wildman–Crippen MR) is 102 cm³/mol. The molecule has 0 saturated heterocycles. The average Bonchev–Trinajstić information content (AvgIpc) is 2.54.